The van der Waals surface area contributed by atoms with E-state index in [1.165, 1.54) is 0 Å². The van der Waals surface area contributed by atoms with Gasteiger partial charge in [-0.3, -0.25) is 4.79 Å². The normalized spacial score (nSPS) is 21.5. The average molecular weight is 239 g/mol. The predicted octanol–water partition coefficient (Wildman–Crippen LogP) is 2.76. The molecule has 0 saturated carbocycles. The maximum Gasteiger partial charge on any atom is 0.214 e. The van der Waals surface area contributed by atoms with Crippen LogP contribution in [0.15, 0.2) is 48.5 Å². The first kappa shape index (κ1) is 10.8. The Balaban J connectivity index is 2.15. The molecule has 90 valence electrons. The van der Waals surface area contributed by atoms with E-state index >= 15 is 0 Å². The third-order valence-corrected chi connectivity index (χ3v) is 3.35. The van der Waals surface area contributed by atoms with E-state index < -0.39 is 5.60 Å². The van der Waals surface area contributed by atoms with Crippen LogP contribution in [0, 0.1) is 0 Å². The molecule has 0 bridgehead atoms. The van der Waals surface area contributed by atoms with Gasteiger partial charge in [-0.15, -0.1) is 0 Å². The van der Waals surface area contributed by atoms with Crippen molar-refractivity contribution in [1.82, 2.24) is 0 Å². The summed E-state index contributed by atoms with van der Waals surface area (Å²) in [5.41, 5.74) is 6.83. The largest absolute Gasteiger partial charge is 0.474 e. The lowest BCUT2D eigenvalue weighted by Gasteiger charge is -2.24. The maximum absolute atomic E-state index is 12.5. The van der Waals surface area contributed by atoms with E-state index in [4.69, 9.17) is 10.5 Å². The van der Waals surface area contributed by atoms with Crippen LogP contribution >= 0.6 is 0 Å². The second-order valence-electron chi connectivity index (χ2n) is 4.55. The number of rotatable bonds is 1. The van der Waals surface area contributed by atoms with Crippen LogP contribution < -0.4 is 10.5 Å². The number of ether oxygens (including phenoxy) is 1. The molecule has 0 aromatic heterocycles. The molecule has 2 N–H and O–H groups in total. The number of ketones is 1. The second-order valence-corrected chi connectivity index (χ2v) is 4.55. The molecule has 0 spiro atoms. The molecule has 1 aliphatic heterocycles. The summed E-state index contributed by atoms with van der Waals surface area (Å²) in [5, 5.41) is 0. The number of fused-ring (bicyclic) bond motifs is 1. The van der Waals surface area contributed by atoms with E-state index in [0.29, 0.717) is 22.6 Å². The molecular formula is C15H13NO2. The minimum absolute atomic E-state index is 0.0454. The van der Waals surface area contributed by atoms with Gasteiger partial charge >= 0.3 is 0 Å². The fourth-order valence-electron chi connectivity index (χ4n) is 2.38. The molecule has 1 atom stereocenters. The molecular weight excluding hydrogens is 226 g/mol. The number of nitrogen functional groups attached to an aromatic ring is 1. The van der Waals surface area contributed by atoms with Gasteiger partial charge in [0.25, 0.3) is 0 Å². The summed E-state index contributed by atoms with van der Waals surface area (Å²) in [7, 11) is 0. The van der Waals surface area contributed by atoms with Gasteiger partial charge in [-0.2, -0.15) is 0 Å². The zero-order chi connectivity index (χ0) is 12.8. The minimum atomic E-state index is -1.02. The van der Waals surface area contributed by atoms with Gasteiger partial charge in [0.2, 0.25) is 5.78 Å². The van der Waals surface area contributed by atoms with Crippen LogP contribution in [0.5, 0.6) is 5.75 Å². The molecule has 1 unspecified atom stereocenters. The van der Waals surface area contributed by atoms with E-state index in [0.717, 1.165) is 0 Å². The number of hydrogen-bond donors (Lipinski definition) is 1. The summed E-state index contributed by atoms with van der Waals surface area (Å²) in [4.78, 5) is 12.5. The van der Waals surface area contributed by atoms with Crippen molar-refractivity contribution in [3.05, 3.63) is 59.7 Å². The first-order chi connectivity index (χ1) is 8.63. The Bertz CT molecular complexity index is 636. The average Bonchev–Trinajstić information content (AvgIpc) is 2.64. The van der Waals surface area contributed by atoms with E-state index in [9.17, 15) is 4.79 Å². The van der Waals surface area contributed by atoms with Gasteiger partial charge in [0, 0.05) is 11.3 Å². The Morgan fingerprint density at radius 1 is 1.06 bits per heavy atom. The van der Waals surface area contributed by atoms with Crippen LogP contribution in [0.25, 0.3) is 0 Å². The standard InChI is InChI=1S/C15H13NO2/c1-15(11-7-3-4-8-12(11)16)14(17)10-6-2-5-9-13(10)18-15/h2-9H,16H2,1H3. The molecule has 3 nitrogen and oxygen atoms in total. The number of benzene rings is 2. The third-order valence-electron chi connectivity index (χ3n) is 3.35. The van der Waals surface area contributed by atoms with Gasteiger partial charge in [0.05, 0.1) is 5.56 Å². The van der Waals surface area contributed by atoms with E-state index in [1.54, 1.807) is 25.1 Å². The van der Waals surface area contributed by atoms with Crippen LogP contribution in [0.2, 0.25) is 0 Å². The number of para-hydroxylation sites is 2. The van der Waals surface area contributed by atoms with Gasteiger partial charge in [-0.25, -0.2) is 0 Å². The van der Waals surface area contributed by atoms with Gasteiger partial charge in [-0.1, -0.05) is 30.3 Å². The number of nitrogens with two attached hydrogens (primary N) is 1. The van der Waals surface area contributed by atoms with Gasteiger partial charge in [-0.05, 0) is 25.1 Å². The molecule has 18 heavy (non-hydrogen) atoms. The minimum Gasteiger partial charge on any atom is -0.474 e. The van der Waals surface area contributed by atoms with Crippen LogP contribution in [-0.2, 0) is 5.60 Å². The lowest BCUT2D eigenvalue weighted by molar-refractivity contribution is 0.0621. The number of anilines is 1. The van der Waals surface area contributed by atoms with Gasteiger partial charge < -0.3 is 10.5 Å². The number of Topliss-reactive ketones (excluding diaryl/α,β-unsaturated/α-hetero) is 1. The number of carbonyl (C=O) groups excluding carboxylic acids is 1. The molecule has 2 aromatic rings. The lowest BCUT2D eigenvalue weighted by atomic mass is 9.88. The Morgan fingerprint density at radius 2 is 1.72 bits per heavy atom. The molecule has 1 aliphatic rings. The molecule has 0 aliphatic carbocycles. The van der Waals surface area contributed by atoms with Crippen molar-refractivity contribution in [2.45, 2.75) is 12.5 Å². The maximum atomic E-state index is 12.5. The Labute approximate surface area is 105 Å². The summed E-state index contributed by atoms with van der Waals surface area (Å²) >= 11 is 0. The Morgan fingerprint density at radius 3 is 2.44 bits per heavy atom. The number of carbonyl (C=O) groups is 1. The summed E-state index contributed by atoms with van der Waals surface area (Å²) < 4.78 is 5.84. The highest BCUT2D eigenvalue weighted by Gasteiger charge is 2.46. The van der Waals surface area contributed by atoms with Crippen molar-refractivity contribution in [1.29, 1.82) is 0 Å². The quantitative estimate of drug-likeness (QED) is 0.778. The first-order valence-electron chi connectivity index (χ1n) is 5.81. The number of hydrogen-bond acceptors (Lipinski definition) is 3. The van der Waals surface area contributed by atoms with Crippen molar-refractivity contribution in [3.63, 3.8) is 0 Å². The topological polar surface area (TPSA) is 52.3 Å². The highest BCUT2D eigenvalue weighted by molar-refractivity contribution is 6.08. The fraction of sp³-hybridized carbons (Fsp3) is 0.133. The second kappa shape index (κ2) is 3.60. The molecule has 0 saturated heterocycles. The summed E-state index contributed by atoms with van der Waals surface area (Å²) in [6.45, 7) is 1.76. The van der Waals surface area contributed by atoms with Crippen molar-refractivity contribution in [2.24, 2.45) is 0 Å². The highest BCUT2D eigenvalue weighted by atomic mass is 16.5. The van der Waals surface area contributed by atoms with Crippen LogP contribution in [0.3, 0.4) is 0 Å². The zero-order valence-electron chi connectivity index (χ0n) is 10.0. The van der Waals surface area contributed by atoms with E-state index in [-0.39, 0.29) is 5.78 Å². The first-order valence-corrected chi connectivity index (χ1v) is 5.81. The van der Waals surface area contributed by atoms with Gasteiger partial charge in [0.15, 0.2) is 5.60 Å². The molecule has 2 aromatic carbocycles. The SMILES string of the molecule is CC1(c2ccccc2N)Oc2ccccc2C1=O. The van der Waals surface area contributed by atoms with E-state index in [2.05, 4.69) is 0 Å². The lowest BCUT2D eigenvalue weighted by Crippen LogP contribution is -2.34. The Hall–Kier alpha value is -2.29. The zero-order valence-corrected chi connectivity index (χ0v) is 10.0. The smallest absolute Gasteiger partial charge is 0.214 e. The van der Waals surface area contributed by atoms with Crippen molar-refractivity contribution >= 4 is 11.5 Å². The fourth-order valence-corrected chi connectivity index (χ4v) is 2.38. The van der Waals surface area contributed by atoms with E-state index in [1.807, 2.05) is 30.3 Å². The molecule has 0 amide bonds. The Kier molecular flexibility index (Phi) is 2.17. The van der Waals surface area contributed by atoms with Crippen LogP contribution in [0.1, 0.15) is 22.8 Å². The summed E-state index contributed by atoms with van der Waals surface area (Å²) in [6, 6.07) is 14.6. The molecule has 3 rings (SSSR count). The molecule has 3 heteroatoms. The van der Waals surface area contributed by atoms with Crippen molar-refractivity contribution in [2.75, 3.05) is 5.73 Å². The summed E-state index contributed by atoms with van der Waals surface area (Å²) in [6.07, 6.45) is 0. The van der Waals surface area contributed by atoms with Crippen molar-refractivity contribution in [3.8, 4) is 5.75 Å². The van der Waals surface area contributed by atoms with Crippen LogP contribution in [0.4, 0.5) is 5.69 Å². The molecule has 0 radical (unpaired) electrons. The monoisotopic (exact) mass is 239 g/mol. The molecule has 1 heterocycles. The van der Waals surface area contributed by atoms with Gasteiger partial charge in [0.1, 0.15) is 5.75 Å². The summed E-state index contributed by atoms with van der Waals surface area (Å²) in [5.74, 6) is 0.573. The third kappa shape index (κ3) is 1.34. The van der Waals surface area contributed by atoms with Crippen LogP contribution in [-0.4, -0.2) is 5.78 Å². The highest BCUT2D eigenvalue weighted by Crippen LogP contribution is 2.42. The molecule has 0 fully saturated rings. The predicted molar refractivity (Wildman–Crippen MR) is 69.6 cm³/mol. The van der Waals surface area contributed by atoms with Crippen molar-refractivity contribution < 1.29 is 9.53 Å².